The van der Waals surface area contributed by atoms with Crippen LogP contribution in [0.4, 0.5) is 0 Å². The molecule has 3 rings (SSSR count). The molecule has 1 aromatic heterocycles. The highest BCUT2D eigenvalue weighted by atomic mass is 15.3. The summed E-state index contributed by atoms with van der Waals surface area (Å²) in [5, 5.41) is 11.2. The molecule has 5 nitrogen and oxygen atoms in total. The zero-order chi connectivity index (χ0) is 16.1. The molecule has 1 aromatic carbocycles. The fourth-order valence-corrected chi connectivity index (χ4v) is 3.09. The number of nitrogens with zero attached hydrogens (tertiary/aromatic N) is 3. The third-order valence-electron chi connectivity index (χ3n) is 4.31. The van der Waals surface area contributed by atoms with Gasteiger partial charge in [-0.1, -0.05) is 24.3 Å². The standard InChI is InChI=1S/C18H25N5/c1-14-12-21-23(13-14)10-9-20-18(19-2)22-17-8-7-15-5-3-4-6-16(15)11-17/h3-6,12-13,17H,7-11H2,1-2H3,(H2,19,20,22). The van der Waals surface area contributed by atoms with Gasteiger partial charge in [-0.3, -0.25) is 9.67 Å². The van der Waals surface area contributed by atoms with Crippen LogP contribution in [0.2, 0.25) is 0 Å². The number of aromatic nitrogens is 2. The molecule has 122 valence electrons. The summed E-state index contributed by atoms with van der Waals surface area (Å²) in [5.41, 5.74) is 4.13. The van der Waals surface area contributed by atoms with Crippen LogP contribution in [0.5, 0.6) is 0 Å². The Kier molecular flexibility index (Phi) is 4.95. The van der Waals surface area contributed by atoms with Crippen molar-refractivity contribution >= 4 is 5.96 Å². The highest BCUT2D eigenvalue weighted by Crippen LogP contribution is 2.20. The first kappa shape index (κ1) is 15.6. The van der Waals surface area contributed by atoms with Crippen LogP contribution in [0.1, 0.15) is 23.1 Å². The molecule has 5 heteroatoms. The Bertz CT molecular complexity index is 674. The van der Waals surface area contributed by atoms with E-state index in [4.69, 9.17) is 0 Å². The first-order valence-electron chi connectivity index (χ1n) is 8.27. The Morgan fingerprint density at radius 1 is 1.35 bits per heavy atom. The van der Waals surface area contributed by atoms with Gasteiger partial charge in [-0.05, 0) is 42.9 Å². The summed E-state index contributed by atoms with van der Waals surface area (Å²) in [4.78, 5) is 4.34. The maximum atomic E-state index is 4.34. The molecular weight excluding hydrogens is 286 g/mol. The molecule has 1 heterocycles. The van der Waals surface area contributed by atoms with Gasteiger partial charge in [0.1, 0.15) is 0 Å². The van der Waals surface area contributed by atoms with E-state index in [1.54, 1.807) is 0 Å². The van der Waals surface area contributed by atoms with E-state index in [0.717, 1.165) is 38.3 Å². The van der Waals surface area contributed by atoms with Crippen molar-refractivity contribution in [1.82, 2.24) is 20.4 Å². The van der Waals surface area contributed by atoms with Gasteiger partial charge in [-0.15, -0.1) is 0 Å². The molecule has 0 aliphatic heterocycles. The van der Waals surface area contributed by atoms with Crippen molar-refractivity contribution in [2.45, 2.75) is 38.8 Å². The molecule has 1 aliphatic rings. The SMILES string of the molecule is CN=C(NCCn1cc(C)cn1)NC1CCc2ccccc2C1. The van der Waals surface area contributed by atoms with Crippen molar-refractivity contribution in [3.05, 3.63) is 53.3 Å². The average Bonchev–Trinajstić information content (AvgIpc) is 2.99. The third-order valence-corrected chi connectivity index (χ3v) is 4.31. The van der Waals surface area contributed by atoms with Crippen LogP contribution < -0.4 is 10.6 Å². The van der Waals surface area contributed by atoms with Crippen LogP contribution >= 0.6 is 0 Å². The quantitative estimate of drug-likeness (QED) is 0.670. The Morgan fingerprint density at radius 3 is 2.91 bits per heavy atom. The highest BCUT2D eigenvalue weighted by Gasteiger charge is 2.18. The minimum Gasteiger partial charge on any atom is -0.355 e. The van der Waals surface area contributed by atoms with Crippen molar-refractivity contribution in [2.24, 2.45) is 4.99 Å². The summed E-state index contributed by atoms with van der Waals surface area (Å²) in [6, 6.07) is 9.18. The van der Waals surface area contributed by atoms with Crippen LogP contribution in [0, 0.1) is 6.92 Å². The van der Waals surface area contributed by atoms with Gasteiger partial charge < -0.3 is 10.6 Å². The molecular formula is C18H25N5. The topological polar surface area (TPSA) is 54.2 Å². The number of fused-ring (bicyclic) bond motifs is 1. The monoisotopic (exact) mass is 311 g/mol. The predicted molar refractivity (Wildman–Crippen MR) is 93.7 cm³/mol. The molecule has 1 unspecified atom stereocenters. The molecule has 0 bridgehead atoms. The number of hydrogen-bond donors (Lipinski definition) is 2. The average molecular weight is 311 g/mol. The number of aliphatic imine (C=N–C) groups is 1. The molecule has 1 atom stereocenters. The molecule has 1 aliphatic carbocycles. The van der Waals surface area contributed by atoms with E-state index in [2.05, 4.69) is 58.1 Å². The molecule has 0 amide bonds. The van der Waals surface area contributed by atoms with Crippen LogP contribution in [0.3, 0.4) is 0 Å². The largest absolute Gasteiger partial charge is 0.355 e. The maximum absolute atomic E-state index is 4.34. The van der Waals surface area contributed by atoms with E-state index in [0.29, 0.717) is 6.04 Å². The van der Waals surface area contributed by atoms with E-state index in [-0.39, 0.29) is 0 Å². The Hall–Kier alpha value is -2.30. The predicted octanol–water partition coefficient (Wildman–Crippen LogP) is 1.91. The minimum atomic E-state index is 0.447. The molecule has 2 aromatic rings. The highest BCUT2D eigenvalue weighted by molar-refractivity contribution is 5.80. The van der Waals surface area contributed by atoms with Gasteiger partial charge in [-0.2, -0.15) is 5.10 Å². The lowest BCUT2D eigenvalue weighted by molar-refractivity contribution is 0.516. The zero-order valence-electron chi connectivity index (χ0n) is 13.9. The Labute approximate surface area is 137 Å². The molecule has 0 spiro atoms. The first-order chi connectivity index (χ1) is 11.2. The number of guanidine groups is 1. The minimum absolute atomic E-state index is 0.447. The summed E-state index contributed by atoms with van der Waals surface area (Å²) in [6.45, 7) is 3.70. The molecule has 0 saturated carbocycles. The van der Waals surface area contributed by atoms with Crippen LogP contribution in [0.15, 0.2) is 41.7 Å². The normalized spacial score (nSPS) is 17.7. The number of aryl methyl sites for hydroxylation is 2. The van der Waals surface area contributed by atoms with Gasteiger partial charge in [0.05, 0.1) is 12.7 Å². The van der Waals surface area contributed by atoms with Crippen molar-refractivity contribution in [2.75, 3.05) is 13.6 Å². The molecule has 0 radical (unpaired) electrons. The Balaban J connectivity index is 1.48. The first-order valence-corrected chi connectivity index (χ1v) is 8.27. The smallest absolute Gasteiger partial charge is 0.191 e. The van der Waals surface area contributed by atoms with Gasteiger partial charge in [0.25, 0.3) is 0 Å². The summed E-state index contributed by atoms with van der Waals surface area (Å²) in [6.07, 6.45) is 7.28. The molecule has 0 saturated heterocycles. The fraction of sp³-hybridized carbons (Fsp3) is 0.444. The molecule has 0 fully saturated rings. The third kappa shape index (κ3) is 4.12. The summed E-state index contributed by atoms with van der Waals surface area (Å²) in [7, 11) is 1.82. The van der Waals surface area contributed by atoms with E-state index < -0.39 is 0 Å². The maximum Gasteiger partial charge on any atom is 0.191 e. The van der Waals surface area contributed by atoms with E-state index in [1.165, 1.54) is 16.7 Å². The second-order valence-electron chi connectivity index (χ2n) is 6.13. The second kappa shape index (κ2) is 7.31. The van der Waals surface area contributed by atoms with Gasteiger partial charge >= 0.3 is 0 Å². The van der Waals surface area contributed by atoms with Gasteiger partial charge in [0.2, 0.25) is 0 Å². The van der Waals surface area contributed by atoms with Gasteiger partial charge in [-0.25, -0.2) is 0 Å². The van der Waals surface area contributed by atoms with Crippen LogP contribution in [-0.2, 0) is 19.4 Å². The van der Waals surface area contributed by atoms with Gasteiger partial charge in [0.15, 0.2) is 5.96 Å². The lowest BCUT2D eigenvalue weighted by atomic mass is 9.88. The Morgan fingerprint density at radius 2 is 2.17 bits per heavy atom. The molecule has 23 heavy (non-hydrogen) atoms. The van der Waals surface area contributed by atoms with Crippen LogP contribution in [0.25, 0.3) is 0 Å². The second-order valence-corrected chi connectivity index (χ2v) is 6.13. The van der Waals surface area contributed by atoms with E-state index in [9.17, 15) is 0 Å². The summed E-state index contributed by atoms with van der Waals surface area (Å²) >= 11 is 0. The number of benzene rings is 1. The van der Waals surface area contributed by atoms with Crippen molar-refractivity contribution in [3.8, 4) is 0 Å². The number of hydrogen-bond acceptors (Lipinski definition) is 2. The summed E-state index contributed by atoms with van der Waals surface area (Å²) in [5.74, 6) is 0.873. The summed E-state index contributed by atoms with van der Waals surface area (Å²) < 4.78 is 1.95. The van der Waals surface area contributed by atoms with E-state index >= 15 is 0 Å². The molecule has 2 N–H and O–H groups in total. The fourth-order valence-electron chi connectivity index (χ4n) is 3.09. The van der Waals surface area contributed by atoms with Crippen molar-refractivity contribution in [1.29, 1.82) is 0 Å². The zero-order valence-corrected chi connectivity index (χ0v) is 13.9. The lowest BCUT2D eigenvalue weighted by Crippen LogP contribution is -2.46. The van der Waals surface area contributed by atoms with Crippen molar-refractivity contribution in [3.63, 3.8) is 0 Å². The number of rotatable bonds is 4. The van der Waals surface area contributed by atoms with Gasteiger partial charge in [0, 0.05) is 25.8 Å². The van der Waals surface area contributed by atoms with Crippen LogP contribution in [-0.4, -0.2) is 35.4 Å². The van der Waals surface area contributed by atoms with Crippen molar-refractivity contribution < 1.29 is 0 Å². The number of nitrogens with one attached hydrogen (secondary N) is 2. The van der Waals surface area contributed by atoms with E-state index in [1.807, 2.05) is 17.9 Å². The lowest BCUT2D eigenvalue weighted by Gasteiger charge is -2.27.